The normalized spacial score (nSPS) is 16.4. The molecule has 1 aliphatic rings. The maximum atomic E-state index is 12.6. The zero-order valence-corrected chi connectivity index (χ0v) is 19.2. The topological polar surface area (TPSA) is 70.2 Å². The molecule has 0 saturated heterocycles. The average Bonchev–Trinajstić information content (AvgIpc) is 3.10. The zero-order chi connectivity index (χ0) is 22.2. The molecule has 7 heteroatoms. The van der Waals surface area contributed by atoms with Crippen molar-refractivity contribution >= 4 is 50.0 Å². The van der Waals surface area contributed by atoms with E-state index in [1.54, 1.807) is 0 Å². The van der Waals surface area contributed by atoms with Gasteiger partial charge in [-0.25, -0.2) is 4.98 Å². The van der Waals surface area contributed by atoms with Crippen molar-refractivity contribution in [2.24, 2.45) is 0 Å². The van der Waals surface area contributed by atoms with Crippen molar-refractivity contribution in [3.8, 4) is 11.3 Å². The van der Waals surface area contributed by atoms with Crippen LogP contribution in [0.3, 0.4) is 0 Å². The fourth-order valence-corrected chi connectivity index (χ4v) is 5.07. The Kier molecular flexibility index (Phi) is 5.36. The molecule has 0 fully saturated rings. The van der Waals surface area contributed by atoms with E-state index in [0.29, 0.717) is 6.54 Å². The number of amides is 1. The summed E-state index contributed by atoms with van der Waals surface area (Å²) in [7, 11) is 4.08. The molecule has 4 heterocycles. The molecule has 0 aliphatic carbocycles. The number of fused-ring (bicyclic) bond motifs is 5. The zero-order valence-electron chi connectivity index (χ0n) is 18.3. The number of nitrogens with one attached hydrogen (secondary N) is 2. The molecule has 32 heavy (non-hydrogen) atoms. The molecule has 1 atom stereocenters. The van der Waals surface area contributed by atoms with Crippen molar-refractivity contribution in [2.45, 2.75) is 13.0 Å². The standard InChI is InChI=1S/C25H25N5OS/c1-15-14-27-23-22-18-6-7-19(16-10-11-26-17(13-16)5-4-12-30(2)3)29-20(18)8-9-21(22)32-24(23)25(31)28-15/h4-11,13,15,27H,12,14H2,1-3H3,(H,28,31). The van der Waals surface area contributed by atoms with Gasteiger partial charge in [0, 0.05) is 46.4 Å². The lowest BCUT2D eigenvalue weighted by atomic mass is 10.1. The highest BCUT2D eigenvalue weighted by molar-refractivity contribution is 7.21. The third-order valence-electron chi connectivity index (χ3n) is 5.53. The Morgan fingerprint density at radius 3 is 2.94 bits per heavy atom. The Bertz CT molecular complexity index is 1360. The molecule has 5 rings (SSSR count). The van der Waals surface area contributed by atoms with Gasteiger partial charge in [-0.3, -0.25) is 9.78 Å². The molecular formula is C25H25N5OS. The molecule has 2 N–H and O–H groups in total. The van der Waals surface area contributed by atoms with Crippen molar-refractivity contribution in [3.63, 3.8) is 0 Å². The number of anilines is 1. The molecule has 162 valence electrons. The number of rotatable bonds is 4. The smallest absolute Gasteiger partial charge is 0.263 e. The van der Waals surface area contributed by atoms with Gasteiger partial charge in [-0.1, -0.05) is 6.08 Å². The second-order valence-electron chi connectivity index (χ2n) is 8.40. The molecule has 1 aliphatic heterocycles. The van der Waals surface area contributed by atoms with Crippen LogP contribution in [0.2, 0.25) is 0 Å². The van der Waals surface area contributed by atoms with E-state index in [1.165, 1.54) is 11.3 Å². The van der Waals surface area contributed by atoms with Gasteiger partial charge in [-0.2, -0.15) is 0 Å². The molecular weight excluding hydrogens is 418 g/mol. The van der Waals surface area contributed by atoms with Crippen LogP contribution in [0.1, 0.15) is 22.3 Å². The number of hydrogen-bond acceptors (Lipinski definition) is 6. The van der Waals surface area contributed by atoms with Gasteiger partial charge in [0.2, 0.25) is 0 Å². The lowest BCUT2D eigenvalue weighted by Gasteiger charge is -2.10. The molecule has 0 radical (unpaired) electrons. The van der Waals surface area contributed by atoms with Gasteiger partial charge in [-0.05, 0) is 63.5 Å². The fourth-order valence-electron chi connectivity index (χ4n) is 3.97. The van der Waals surface area contributed by atoms with E-state index >= 15 is 0 Å². The first-order valence-electron chi connectivity index (χ1n) is 10.7. The van der Waals surface area contributed by atoms with Gasteiger partial charge in [-0.15, -0.1) is 11.3 Å². The highest BCUT2D eigenvalue weighted by atomic mass is 32.1. The molecule has 0 saturated carbocycles. The van der Waals surface area contributed by atoms with Crippen LogP contribution in [-0.2, 0) is 0 Å². The summed E-state index contributed by atoms with van der Waals surface area (Å²) in [6.45, 7) is 3.58. The molecule has 4 aromatic rings. The largest absolute Gasteiger partial charge is 0.381 e. The van der Waals surface area contributed by atoms with E-state index in [-0.39, 0.29) is 11.9 Å². The molecule has 1 amide bonds. The maximum absolute atomic E-state index is 12.6. The van der Waals surface area contributed by atoms with Crippen LogP contribution in [0.4, 0.5) is 5.69 Å². The third kappa shape index (κ3) is 3.85. The van der Waals surface area contributed by atoms with Crippen molar-refractivity contribution in [1.29, 1.82) is 0 Å². The second kappa shape index (κ2) is 8.33. The van der Waals surface area contributed by atoms with E-state index in [1.807, 2.05) is 51.5 Å². The van der Waals surface area contributed by atoms with Crippen LogP contribution >= 0.6 is 11.3 Å². The molecule has 3 aromatic heterocycles. The number of thiophene rings is 1. The minimum absolute atomic E-state index is 0.0111. The summed E-state index contributed by atoms with van der Waals surface area (Å²) in [6, 6.07) is 12.4. The van der Waals surface area contributed by atoms with E-state index in [9.17, 15) is 4.79 Å². The quantitative estimate of drug-likeness (QED) is 0.481. The fraction of sp³-hybridized carbons (Fsp3) is 0.240. The van der Waals surface area contributed by atoms with Gasteiger partial charge < -0.3 is 15.5 Å². The predicted octanol–water partition coefficient (Wildman–Crippen LogP) is 4.63. The van der Waals surface area contributed by atoms with Crippen LogP contribution in [-0.4, -0.2) is 54.0 Å². The van der Waals surface area contributed by atoms with Crippen molar-refractivity contribution in [1.82, 2.24) is 20.2 Å². The lowest BCUT2D eigenvalue weighted by Crippen LogP contribution is -2.34. The van der Waals surface area contributed by atoms with E-state index in [4.69, 9.17) is 4.98 Å². The SMILES string of the molecule is CC1CNc2c(sc3ccc4nc(-c5ccnc(C=CCN(C)C)c5)ccc4c23)C(=O)N1. The molecule has 0 bridgehead atoms. The predicted molar refractivity (Wildman–Crippen MR) is 133 cm³/mol. The van der Waals surface area contributed by atoms with Crippen LogP contribution in [0, 0.1) is 0 Å². The highest BCUT2D eigenvalue weighted by Crippen LogP contribution is 2.41. The van der Waals surface area contributed by atoms with Crippen LogP contribution in [0.15, 0.2) is 48.7 Å². The van der Waals surface area contributed by atoms with Gasteiger partial charge in [0.05, 0.1) is 22.6 Å². The number of pyridine rings is 2. The highest BCUT2D eigenvalue weighted by Gasteiger charge is 2.24. The maximum Gasteiger partial charge on any atom is 0.263 e. The Labute approximate surface area is 191 Å². The number of nitrogens with zero attached hydrogens (tertiary/aromatic N) is 3. The third-order valence-corrected chi connectivity index (χ3v) is 6.68. The molecule has 6 nitrogen and oxygen atoms in total. The molecule has 1 aromatic carbocycles. The van der Waals surface area contributed by atoms with Crippen molar-refractivity contribution < 1.29 is 4.79 Å². The van der Waals surface area contributed by atoms with Crippen molar-refractivity contribution in [3.05, 3.63) is 59.2 Å². The number of carbonyl (C=O) groups is 1. The first-order chi connectivity index (χ1) is 15.5. The Morgan fingerprint density at radius 1 is 1.22 bits per heavy atom. The number of hydrogen-bond donors (Lipinski definition) is 2. The lowest BCUT2D eigenvalue weighted by molar-refractivity contribution is 0.0949. The van der Waals surface area contributed by atoms with Crippen molar-refractivity contribution in [2.75, 3.05) is 32.5 Å². The summed E-state index contributed by atoms with van der Waals surface area (Å²) in [5.74, 6) is -0.0111. The second-order valence-corrected chi connectivity index (χ2v) is 9.45. The van der Waals surface area contributed by atoms with E-state index in [2.05, 4.69) is 44.8 Å². The number of benzene rings is 1. The van der Waals surface area contributed by atoms with Gasteiger partial charge >= 0.3 is 0 Å². The minimum atomic E-state index is -0.0111. The van der Waals surface area contributed by atoms with E-state index < -0.39 is 0 Å². The molecule has 1 unspecified atom stereocenters. The van der Waals surface area contributed by atoms with Gasteiger partial charge in [0.1, 0.15) is 4.88 Å². The summed E-state index contributed by atoms with van der Waals surface area (Å²) in [6.07, 6.45) is 5.96. The summed E-state index contributed by atoms with van der Waals surface area (Å²) in [5, 5.41) is 8.66. The minimum Gasteiger partial charge on any atom is -0.381 e. The summed E-state index contributed by atoms with van der Waals surface area (Å²) >= 11 is 1.53. The number of likely N-dealkylation sites (N-methyl/N-ethyl adjacent to an activating group) is 1. The first-order valence-corrected chi connectivity index (χ1v) is 11.5. The number of carbonyl (C=O) groups excluding carboxylic acids is 1. The van der Waals surface area contributed by atoms with Gasteiger partial charge in [0.15, 0.2) is 0 Å². The Balaban J connectivity index is 1.56. The van der Waals surface area contributed by atoms with Crippen LogP contribution in [0.25, 0.3) is 38.3 Å². The molecule has 0 spiro atoms. The summed E-state index contributed by atoms with van der Waals surface area (Å²) in [4.78, 5) is 24.9. The van der Waals surface area contributed by atoms with E-state index in [0.717, 1.165) is 55.0 Å². The van der Waals surface area contributed by atoms with Crippen LogP contribution < -0.4 is 10.6 Å². The number of aromatic nitrogens is 2. The summed E-state index contributed by atoms with van der Waals surface area (Å²) < 4.78 is 1.09. The average molecular weight is 444 g/mol. The monoisotopic (exact) mass is 443 g/mol. The Hall–Kier alpha value is -3.29. The van der Waals surface area contributed by atoms with Gasteiger partial charge in [0.25, 0.3) is 5.91 Å². The Morgan fingerprint density at radius 2 is 2.09 bits per heavy atom. The van der Waals surface area contributed by atoms with Crippen LogP contribution in [0.5, 0.6) is 0 Å². The first kappa shape index (κ1) is 20.6. The summed E-state index contributed by atoms with van der Waals surface area (Å²) in [5.41, 5.74) is 4.68.